The molecule has 0 aliphatic carbocycles. The molecule has 100 valence electrons. The molecule has 0 unspecified atom stereocenters. The summed E-state index contributed by atoms with van der Waals surface area (Å²) in [6, 6.07) is 5.14. The van der Waals surface area contributed by atoms with E-state index >= 15 is 0 Å². The number of halogens is 1. The number of hydrogen-bond acceptors (Lipinski definition) is 4. The largest absolute Gasteiger partial charge is 0.380 e. The lowest BCUT2D eigenvalue weighted by molar-refractivity contribution is 0.100. The summed E-state index contributed by atoms with van der Waals surface area (Å²) in [5.41, 5.74) is 6.39. The van der Waals surface area contributed by atoms with Crippen LogP contribution in [0.15, 0.2) is 24.4 Å². The zero-order valence-electron chi connectivity index (χ0n) is 10.4. The van der Waals surface area contributed by atoms with Gasteiger partial charge in [-0.1, -0.05) is 18.5 Å². The number of amides is 1. The fourth-order valence-corrected chi connectivity index (χ4v) is 2.62. The molecule has 1 aromatic carbocycles. The van der Waals surface area contributed by atoms with Crippen molar-refractivity contribution in [3.8, 4) is 0 Å². The maximum absolute atomic E-state index is 11.2. The summed E-state index contributed by atoms with van der Waals surface area (Å²) in [6.07, 6.45) is 2.80. The number of carbonyl (C=O) groups excluding carboxylic acids is 1. The molecule has 3 N–H and O–H groups in total. The lowest BCUT2D eigenvalue weighted by Crippen LogP contribution is -2.12. The van der Waals surface area contributed by atoms with E-state index in [1.165, 1.54) is 0 Å². The Labute approximate surface area is 120 Å². The minimum atomic E-state index is -0.528. The summed E-state index contributed by atoms with van der Waals surface area (Å²) in [5.74, 6) is -0.528. The molecule has 1 aromatic heterocycles. The van der Waals surface area contributed by atoms with Gasteiger partial charge in [-0.2, -0.15) is 0 Å². The summed E-state index contributed by atoms with van der Waals surface area (Å²) in [5, 5.41) is 4.71. The third-order valence-corrected chi connectivity index (χ3v) is 4.07. The van der Waals surface area contributed by atoms with Gasteiger partial charge >= 0.3 is 0 Å². The van der Waals surface area contributed by atoms with Crippen molar-refractivity contribution in [1.29, 1.82) is 0 Å². The van der Waals surface area contributed by atoms with Crippen molar-refractivity contribution in [3.05, 3.63) is 44.9 Å². The molecule has 2 rings (SSSR count). The number of primary amides is 1. The average Bonchev–Trinajstić information content (AvgIpc) is 2.85. The number of benzene rings is 1. The first-order valence-electron chi connectivity index (χ1n) is 5.87. The van der Waals surface area contributed by atoms with Gasteiger partial charge < -0.3 is 11.1 Å². The second-order valence-corrected chi connectivity index (χ2v) is 5.59. The van der Waals surface area contributed by atoms with Crippen LogP contribution in [0.25, 0.3) is 0 Å². The van der Waals surface area contributed by atoms with Crippen molar-refractivity contribution in [1.82, 2.24) is 4.98 Å². The Morgan fingerprint density at radius 3 is 2.95 bits per heavy atom. The Kier molecular flexibility index (Phi) is 4.39. The second kappa shape index (κ2) is 6.04. The van der Waals surface area contributed by atoms with Crippen LogP contribution in [0, 0.1) is 0 Å². The fourth-order valence-electron chi connectivity index (χ4n) is 1.61. The molecule has 0 bridgehead atoms. The van der Waals surface area contributed by atoms with Crippen LogP contribution >= 0.6 is 22.9 Å². The van der Waals surface area contributed by atoms with Crippen molar-refractivity contribution >= 4 is 34.5 Å². The number of nitrogens with one attached hydrogen (secondary N) is 1. The summed E-state index contributed by atoms with van der Waals surface area (Å²) in [4.78, 5) is 16.6. The predicted octanol–water partition coefficient (Wildman–Crippen LogP) is 3.07. The van der Waals surface area contributed by atoms with Crippen LogP contribution in [0.3, 0.4) is 0 Å². The van der Waals surface area contributed by atoms with Crippen LogP contribution in [-0.2, 0) is 13.0 Å². The number of nitrogens with zero attached hydrogens (tertiary/aromatic N) is 1. The zero-order valence-corrected chi connectivity index (χ0v) is 12.0. The minimum absolute atomic E-state index is 0.324. The molecular formula is C13H14ClN3OS. The molecule has 0 radical (unpaired) electrons. The van der Waals surface area contributed by atoms with Crippen molar-refractivity contribution in [2.45, 2.75) is 19.9 Å². The van der Waals surface area contributed by atoms with Gasteiger partial charge in [0.15, 0.2) is 0 Å². The quantitative estimate of drug-likeness (QED) is 0.891. The number of hydrogen-bond donors (Lipinski definition) is 2. The molecule has 1 amide bonds. The molecule has 6 heteroatoms. The Morgan fingerprint density at radius 2 is 2.32 bits per heavy atom. The van der Waals surface area contributed by atoms with Crippen LogP contribution in [0.5, 0.6) is 0 Å². The van der Waals surface area contributed by atoms with Crippen LogP contribution in [-0.4, -0.2) is 10.9 Å². The highest BCUT2D eigenvalue weighted by Gasteiger charge is 2.07. The van der Waals surface area contributed by atoms with Crippen LogP contribution in [0.2, 0.25) is 5.02 Å². The average molecular weight is 296 g/mol. The van der Waals surface area contributed by atoms with E-state index in [0.717, 1.165) is 22.0 Å². The molecule has 19 heavy (non-hydrogen) atoms. The van der Waals surface area contributed by atoms with Gasteiger partial charge in [0.1, 0.15) is 0 Å². The Morgan fingerprint density at radius 1 is 1.53 bits per heavy atom. The molecule has 0 aliphatic rings. The van der Waals surface area contributed by atoms with Gasteiger partial charge in [-0.05, 0) is 24.6 Å². The Balaban J connectivity index is 2.07. The number of thiazole rings is 1. The number of aryl methyl sites for hydroxylation is 1. The van der Waals surface area contributed by atoms with Crippen molar-refractivity contribution in [2.75, 3.05) is 5.32 Å². The van der Waals surface area contributed by atoms with Gasteiger partial charge in [-0.25, -0.2) is 4.98 Å². The normalized spacial score (nSPS) is 10.4. The maximum atomic E-state index is 11.2. The van der Waals surface area contributed by atoms with Gasteiger partial charge in [-0.3, -0.25) is 4.79 Å². The summed E-state index contributed by atoms with van der Waals surface area (Å²) < 4.78 is 0. The molecule has 0 saturated carbocycles. The summed E-state index contributed by atoms with van der Waals surface area (Å²) in [6.45, 7) is 2.74. The van der Waals surface area contributed by atoms with Gasteiger partial charge in [-0.15, -0.1) is 11.3 Å². The molecule has 1 heterocycles. The first-order chi connectivity index (χ1) is 9.10. The van der Waals surface area contributed by atoms with E-state index in [1.54, 1.807) is 23.5 Å². The lowest BCUT2D eigenvalue weighted by Gasteiger charge is -2.07. The smallest absolute Gasteiger partial charge is 0.250 e. The molecule has 0 atom stereocenters. The topological polar surface area (TPSA) is 68.0 Å². The lowest BCUT2D eigenvalue weighted by atomic mass is 10.2. The van der Waals surface area contributed by atoms with Crippen molar-refractivity contribution < 1.29 is 4.79 Å². The molecule has 0 spiro atoms. The first-order valence-corrected chi connectivity index (χ1v) is 7.06. The second-order valence-electron chi connectivity index (χ2n) is 3.99. The van der Waals surface area contributed by atoms with Gasteiger partial charge in [0.05, 0.1) is 22.1 Å². The van der Waals surface area contributed by atoms with E-state index in [1.807, 2.05) is 12.3 Å². The van der Waals surface area contributed by atoms with Crippen molar-refractivity contribution in [2.24, 2.45) is 5.73 Å². The van der Waals surface area contributed by atoms with Gasteiger partial charge in [0.2, 0.25) is 5.91 Å². The summed E-state index contributed by atoms with van der Waals surface area (Å²) in [7, 11) is 0. The number of carbonyl (C=O) groups is 1. The molecule has 4 nitrogen and oxygen atoms in total. The highest BCUT2D eigenvalue weighted by molar-refractivity contribution is 7.11. The van der Waals surface area contributed by atoms with Gasteiger partial charge in [0.25, 0.3) is 0 Å². The van der Waals surface area contributed by atoms with Crippen LogP contribution in [0.4, 0.5) is 5.69 Å². The Hall–Kier alpha value is -1.59. The summed E-state index contributed by atoms with van der Waals surface area (Å²) >= 11 is 7.57. The van der Waals surface area contributed by atoms with E-state index < -0.39 is 5.91 Å². The van der Waals surface area contributed by atoms with E-state index in [4.69, 9.17) is 17.3 Å². The number of rotatable bonds is 5. The van der Waals surface area contributed by atoms with E-state index in [2.05, 4.69) is 17.2 Å². The molecular weight excluding hydrogens is 282 g/mol. The third kappa shape index (κ3) is 3.45. The zero-order chi connectivity index (χ0) is 13.8. The molecule has 2 aromatic rings. The first kappa shape index (κ1) is 13.8. The Bertz CT molecular complexity index is 597. The van der Waals surface area contributed by atoms with Gasteiger partial charge in [0, 0.05) is 16.8 Å². The predicted molar refractivity (Wildman–Crippen MR) is 78.8 cm³/mol. The minimum Gasteiger partial charge on any atom is -0.380 e. The van der Waals surface area contributed by atoms with E-state index in [-0.39, 0.29) is 0 Å². The molecule has 0 aliphatic heterocycles. The highest BCUT2D eigenvalue weighted by Crippen LogP contribution is 2.21. The molecule has 0 saturated heterocycles. The monoisotopic (exact) mass is 295 g/mol. The SMILES string of the molecule is CCc1ncc(CNc2ccc(Cl)c(C(N)=O)c2)s1. The van der Waals surface area contributed by atoms with E-state index in [9.17, 15) is 4.79 Å². The number of anilines is 1. The molecule has 0 fully saturated rings. The highest BCUT2D eigenvalue weighted by atomic mass is 35.5. The fraction of sp³-hybridized carbons (Fsp3) is 0.231. The number of aromatic nitrogens is 1. The van der Waals surface area contributed by atoms with Crippen LogP contribution in [0.1, 0.15) is 27.2 Å². The number of nitrogens with two attached hydrogens (primary N) is 1. The maximum Gasteiger partial charge on any atom is 0.250 e. The van der Waals surface area contributed by atoms with E-state index in [0.29, 0.717) is 17.1 Å². The van der Waals surface area contributed by atoms with Crippen molar-refractivity contribution in [3.63, 3.8) is 0 Å². The standard InChI is InChI=1S/C13H14ClN3OS/c1-2-12-17-7-9(19-12)6-16-8-3-4-11(14)10(5-8)13(15)18/h3-5,7,16H,2,6H2,1H3,(H2,15,18). The third-order valence-electron chi connectivity index (χ3n) is 2.60. The van der Waals surface area contributed by atoms with Crippen LogP contribution < -0.4 is 11.1 Å².